The summed E-state index contributed by atoms with van der Waals surface area (Å²) in [4.78, 5) is 35.9. The molecule has 0 aliphatic heterocycles. The van der Waals surface area contributed by atoms with Crippen LogP contribution in [0.25, 0.3) is 0 Å². The molecule has 2 aromatic rings. The number of hydrogen-bond acceptors (Lipinski definition) is 7. The highest BCUT2D eigenvalue weighted by Gasteiger charge is 2.31. The van der Waals surface area contributed by atoms with Crippen LogP contribution in [0.3, 0.4) is 0 Å². The van der Waals surface area contributed by atoms with E-state index in [1.54, 1.807) is 0 Å². The van der Waals surface area contributed by atoms with Crippen LogP contribution >= 0.6 is 23.2 Å². The maximum atomic E-state index is 12.4. The first-order valence-electron chi connectivity index (χ1n) is 8.72. The van der Waals surface area contributed by atoms with Gasteiger partial charge in [-0.1, -0.05) is 23.2 Å². The second-order valence-corrected chi connectivity index (χ2v) is 8.87. The molecule has 0 unspecified atom stereocenters. The van der Waals surface area contributed by atoms with Gasteiger partial charge >= 0.3 is 5.97 Å². The fraction of sp³-hybridized carbons (Fsp3) is 0.211. The maximum absolute atomic E-state index is 12.4. The molecule has 2 rings (SSSR count). The van der Waals surface area contributed by atoms with E-state index in [2.05, 4.69) is 0 Å². The second kappa shape index (κ2) is 10.7. The zero-order chi connectivity index (χ0) is 23.2. The largest absolute Gasteiger partial charge is 0.454 e. The Bertz CT molecular complexity index is 1060. The summed E-state index contributed by atoms with van der Waals surface area (Å²) in [5.41, 5.74) is 0.154. The van der Waals surface area contributed by atoms with Crippen LogP contribution in [-0.2, 0) is 24.3 Å². The van der Waals surface area contributed by atoms with Crippen molar-refractivity contribution in [3.63, 3.8) is 0 Å². The third-order valence-corrected chi connectivity index (χ3v) is 5.81. The molecule has 31 heavy (non-hydrogen) atoms. The van der Waals surface area contributed by atoms with Gasteiger partial charge < -0.3 is 9.84 Å². The molecule has 0 aromatic heterocycles. The second-order valence-electron chi connectivity index (χ2n) is 6.29. The number of amides is 2. The summed E-state index contributed by atoms with van der Waals surface area (Å²) in [6, 6.07) is 9.12. The SMILES string of the molecule is C[C@@H](O)[C@H](NS(=O)(=O)c1ccc(Cl)cc1)C(=O)OCC(=O)NC(=O)c1ccc(Cl)cc1. The van der Waals surface area contributed by atoms with Gasteiger partial charge in [-0.05, 0) is 55.5 Å². The Hall–Kier alpha value is -2.50. The van der Waals surface area contributed by atoms with Gasteiger partial charge in [-0.2, -0.15) is 4.72 Å². The molecule has 0 aliphatic rings. The molecule has 0 saturated heterocycles. The molecule has 0 bridgehead atoms. The lowest BCUT2D eigenvalue weighted by atomic mass is 10.2. The van der Waals surface area contributed by atoms with Crippen LogP contribution in [0.4, 0.5) is 0 Å². The molecule has 0 spiro atoms. The van der Waals surface area contributed by atoms with E-state index >= 15 is 0 Å². The number of imide groups is 1. The summed E-state index contributed by atoms with van der Waals surface area (Å²) in [5.74, 6) is -2.90. The van der Waals surface area contributed by atoms with Gasteiger partial charge in [0.25, 0.3) is 11.8 Å². The predicted molar refractivity (Wildman–Crippen MR) is 112 cm³/mol. The van der Waals surface area contributed by atoms with Crippen molar-refractivity contribution in [3.05, 3.63) is 64.1 Å². The molecule has 0 saturated carbocycles. The number of rotatable bonds is 8. The summed E-state index contributed by atoms with van der Waals surface area (Å²) in [6.45, 7) is 0.296. The monoisotopic (exact) mass is 488 g/mol. The predicted octanol–water partition coefficient (Wildman–Crippen LogP) is 1.52. The van der Waals surface area contributed by atoms with Crippen molar-refractivity contribution >= 4 is 51.0 Å². The molecule has 9 nitrogen and oxygen atoms in total. The topological polar surface area (TPSA) is 139 Å². The van der Waals surface area contributed by atoms with Gasteiger partial charge in [0.2, 0.25) is 10.0 Å². The first kappa shape index (κ1) is 24.8. The van der Waals surface area contributed by atoms with Gasteiger partial charge in [0, 0.05) is 15.6 Å². The van der Waals surface area contributed by atoms with Crippen molar-refractivity contribution in [3.8, 4) is 0 Å². The van der Waals surface area contributed by atoms with E-state index in [4.69, 9.17) is 27.9 Å². The number of hydrogen-bond donors (Lipinski definition) is 3. The average Bonchev–Trinajstić information content (AvgIpc) is 2.71. The molecule has 12 heteroatoms. The van der Waals surface area contributed by atoms with Crippen LogP contribution < -0.4 is 10.0 Å². The number of halogens is 2. The Morgan fingerprint density at radius 2 is 1.52 bits per heavy atom. The Morgan fingerprint density at radius 3 is 2.03 bits per heavy atom. The number of ether oxygens (including phenoxy) is 1. The van der Waals surface area contributed by atoms with Crippen LogP contribution in [0.1, 0.15) is 17.3 Å². The van der Waals surface area contributed by atoms with E-state index < -0.39 is 46.6 Å². The zero-order valence-electron chi connectivity index (χ0n) is 16.0. The standard InChI is InChI=1S/C19H18Cl2N2O7S/c1-11(24)17(23-31(28,29)15-8-6-14(21)7-9-15)19(27)30-10-16(25)22-18(26)12-2-4-13(20)5-3-12/h2-9,11,17,23-24H,10H2,1H3,(H,22,25,26)/t11-,17+/m1/s1. The highest BCUT2D eigenvalue weighted by Crippen LogP contribution is 2.15. The van der Waals surface area contributed by atoms with Crippen molar-refractivity contribution < 1.29 is 32.6 Å². The molecule has 0 heterocycles. The summed E-state index contributed by atoms with van der Waals surface area (Å²) in [6.07, 6.45) is -1.48. The quantitative estimate of drug-likeness (QED) is 0.478. The number of aliphatic hydroxyl groups excluding tert-OH is 1. The van der Waals surface area contributed by atoms with Crippen LogP contribution in [0.15, 0.2) is 53.4 Å². The Kier molecular flexibility index (Phi) is 8.54. The van der Waals surface area contributed by atoms with E-state index in [9.17, 15) is 27.9 Å². The molecule has 2 amide bonds. The smallest absolute Gasteiger partial charge is 0.327 e. The van der Waals surface area contributed by atoms with Crippen molar-refractivity contribution in [2.75, 3.05) is 6.61 Å². The van der Waals surface area contributed by atoms with E-state index in [0.29, 0.717) is 10.0 Å². The minimum atomic E-state index is -4.20. The van der Waals surface area contributed by atoms with Crippen LogP contribution in [0.2, 0.25) is 10.0 Å². The third kappa shape index (κ3) is 7.30. The van der Waals surface area contributed by atoms with Gasteiger partial charge in [-0.15, -0.1) is 0 Å². The van der Waals surface area contributed by atoms with Gasteiger partial charge in [-0.25, -0.2) is 8.42 Å². The van der Waals surface area contributed by atoms with E-state index in [0.717, 1.165) is 0 Å². The number of esters is 1. The molecule has 166 valence electrons. The van der Waals surface area contributed by atoms with Gasteiger partial charge in [-0.3, -0.25) is 19.7 Å². The number of carbonyl (C=O) groups is 3. The van der Waals surface area contributed by atoms with Gasteiger partial charge in [0.1, 0.15) is 6.04 Å². The van der Waals surface area contributed by atoms with E-state index in [1.165, 1.54) is 55.5 Å². The number of benzene rings is 2. The third-order valence-electron chi connectivity index (χ3n) is 3.85. The lowest BCUT2D eigenvalue weighted by Gasteiger charge is -2.20. The molecule has 3 N–H and O–H groups in total. The average molecular weight is 489 g/mol. The highest BCUT2D eigenvalue weighted by molar-refractivity contribution is 7.89. The lowest BCUT2D eigenvalue weighted by Crippen LogP contribution is -2.49. The minimum absolute atomic E-state index is 0.154. The van der Waals surface area contributed by atoms with Crippen molar-refractivity contribution in [1.29, 1.82) is 0 Å². The molecule has 0 radical (unpaired) electrons. The zero-order valence-corrected chi connectivity index (χ0v) is 18.4. The first-order chi connectivity index (χ1) is 14.5. The Labute approximate surface area is 188 Å². The summed E-state index contributed by atoms with van der Waals surface area (Å²) in [7, 11) is -4.20. The lowest BCUT2D eigenvalue weighted by molar-refractivity contribution is -0.152. The van der Waals surface area contributed by atoms with Gasteiger partial charge in [0.05, 0.1) is 11.0 Å². The van der Waals surface area contributed by atoms with Crippen molar-refractivity contribution in [1.82, 2.24) is 10.0 Å². The molecule has 0 aliphatic carbocycles. The number of carbonyl (C=O) groups excluding carboxylic acids is 3. The Morgan fingerprint density at radius 1 is 1.00 bits per heavy atom. The fourth-order valence-corrected chi connectivity index (χ4v) is 3.76. The Balaban J connectivity index is 1.97. The molecular weight excluding hydrogens is 471 g/mol. The molecule has 2 aromatic carbocycles. The number of nitrogens with one attached hydrogen (secondary N) is 2. The maximum Gasteiger partial charge on any atom is 0.327 e. The molecular formula is C19H18Cl2N2O7S. The van der Waals surface area contributed by atoms with Crippen LogP contribution in [0, 0.1) is 0 Å². The van der Waals surface area contributed by atoms with Crippen LogP contribution in [0.5, 0.6) is 0 Å². The fourth-order valence-electron chi connectivity index (χ4n) is 2.26. The normalized spacial score (nSPS) is 13.2. The van der Waals surface area contributed by atoms with E-state index in [1.807, 2.05) is 10.0 Å². The molecule has 2 atom stereocenters. The highest BCUT2D eigenvalue weighted by atomic mass is 35.5. The first-order valence-corrected chi connectivity index (χ1v) is 11.0. The van der Waals surface area contributed by atoms with Gasteiger partial charge in [0.15, 0.2) is 6.61 Å². The molecule has 0 fully saturated rings. The number of sulfonamides is 1. The van der Waals surface area contributed by atoms with Crippen LogP contribution in [-0.4, -0.2) is 50.1 Å². The minimum Gasteiger partial charge on any atom is -0.454 e. The van der Waals surface area contributed by atoms with Crippen molar-refractivity contribution in [2.45, 2.75) is 24.0 Å². The van der Waals surface area contributed by atoms with Crippen molar-refractivity contribution in [2.24, 2.45) is 0 Å². The summed E-state index contributed by atoms with van der Waals surface area (Å²) >= 11 is 11.4. The summed E-state index contributed by atoms with van der Waals surface area (Å²) in [5, 5.41) is 12.5. The number of aliphatic hydroxyl groups is 1. The van der Waals surface area contributed by atoms with E-state index in [-0.39, 0.29) is 10.5 Å². The summed E-state index contributed by atoms with van der Waals surface area (Å²) < 4.78 is 31.6.